The first-order valence-corrected chi connectivity index (χ1v) is 9.28. The predicted molar refractivity (Wildman–Crippen MR) is 102 cm³/mol. The van der Waals surface area contributed by atoms with Crippen LogP contribution in [0.5, 0.6) is 0 Å². The quantitative estimate of drug-likeness (QED) is 0.724. The zero-order chi connectivity index (χ0) is 19.4. The fourth-order valence-corrected chi connectivity index (χ4v) is 4.07. The lowest BCUT2D eigenvalue weighted by Crippen LogP contribution is -2.15. The molecule has 0 atom stereocenters. The predicted octanol–water partition coefficient (Wildman–Crippen LogP) is 4.96. The molecular formula is C20H21F2NO2S. The van der Waals surface area contributed by atoms with Crippen LogP contribution < -0.4 is 5.32 Å². The van der Waals surface area contributed by atoms with Crippen LogP contribution in [-0.2, 0) is 10.5 Å². The number of rotatable bonds is 6. The van der Waals surface area contributed by atoms with E-state index in [-0.39, 0.29) is 23.1 Å². The molecule has 3 nitrogen and oxygen atoms in total. The smallest absolute Gasteiger partial charge is 0.234 e. The number of hydrogen-bond acceptors (Lipinski definition) is 3. The molecule has 0 radical (unpaired) electrons. The molecule has 0 aliphatic carbocycles. The highest BCUT2D eigenvalue weighted by Gasteiger charge is 2.15. The van der Waals surface area contributed by atoms with Crippen LogP contribution in [0.4, 0.5) is 14.5 Å². The Labute approximate surface area is 156 Å². The number of nitrogens with one attached hydrogen (secondary N) is 1. The average Bonchev–Trinajstić information content (AvgIpc) is 2.48. The van der Waals surface area contributed by atoms with Crippen LogP contribution in [0.15, 0.2) is 24.3 Å². The molecule has 138 valence electrons. The van der Waals surface area contributed by atoms with E-state index < -0.39 is 11.6 Å². The average molecular weight is 377 g/mol. The molecule has 0 unspecified atom stereocenters. The van der Waals surface area contributed by atoms with Gasteiger partial charge in [0.2, 0.25) is 5.91 Å². The Kier molecular flexibility index (Phi) is 6.53. The Bertz CT molecular complexity index is 845. The highest BCUT2D eigenvalue weighted by atomic mass is 32.2. The van der Waals surface area contributed by atoms with Gasteiger partial charge in [-0.2, -0.15) is 0 Å². The topological polar surface area (TPSA) is 46.2 Å². The number of aryl methyl sites for hydroxylation is 2. The first kappa shape index (κ1) is 20.1. The standard InChI is InChI=1S/C20H21F2NO2S/c1-11-5-12(2)20(14(4)24)13(3)18(11)9-26-10-19(25)23-17-7-15(21)6-16(22)8-17/h5-8H,9-10H2,1-4H3,(H,23,25). The highest BCUT2D eigenvalue weighted by molar-refractivity contribution is 7.99. The molecule has 2 aromatic rings. The van der Waals surface area contributed by atoms with Gasteiger partial charge in [-0.15, -0.1) is 11.8 Å². The van der Waals surface area contributed by atoms with E-state index in [9.17, 15) is 18.4 Å². The van der Waals surface area contributed by atoms with Crippen molar-refractivity contribution in [1.82, 2.24) is 0 Å². The Morgan fingerprint density at radius 2 is 1.62 bits per heavy atom. The summed E-state index contributed by atoms with van der Waals surface area (Å²) in [5.41, 5.74) is 4.82. The number of Topliss-reactive ketones (excluding diaryl/α,β-unsaturated/α-hetero) is 1. The van der Waals surface area contributed by atoms with Crippen molar-refractivity contribution in [3.05, 3.63) is 63.7 Å². The Hall–Kier alpha value is -2.21. The first-order valence-electron chi connectivity index (χ1n) is 8.13. The minimum absolute atomic E-state index is 0.0251. The maximum atomic E-state index is 13.2. The van der Waals surface area contributed by atoms with Gasteiger partial charge in [0.1, 0.15) is 11.6 Å². The van der Waals surface area contributed by atoms with Crippen LogP contribution in [0.2, 0.25) is 0 Å². The van der Waals surface area contributed by atoms with Gasteiger partial charge in [0.05, 0.1) is 5.75 Å². The van der Waals surface area contributed by atoms with Crippen LogP contribution in [0, 0.1) is 32.4 Å². The molecule has 6 heteroatoms. The van der Waals surface area contributed by atoms with E-state index in [2.05, 4.69) is 5.32 Å². The third kappa shape index (κ3) is 4.91. The van der Waals surface area contributed by atoms with E-state index in [4.69, 9.17) is 0 Å². The van der Waals surface area contributed by atoms with Crippen molar-refractivity contribution in [2.24, 2.45) is 0 Å². The summed E-state index contributed by atoms with van der Waals surface area (Å²) in [5, 5.41) is 2.48. The summed E-state index contributed by atoms with van der Waals surface area (Å²) in [6.45, 7) is 7.37. The zero-order valence-corrected chi connectivity index (χ0v) is 16.0. The number of amides is 1. The molecule has 1 N–H and O–H groups in total. The van der Waals surface area contributed by atoms with Gasteiger partial charge in [-0.1, -0.05) is 6.07 Å². The lowest BCUT2D eigenvalue weighted by atomic mass is 9.92. The Morgan fingerprint density at radius 3 is 2.19 bits per heavy atom. The molecule has 0 aromatic heterocycles. The number of carbonyl (C=O) groups is 2. The van der Waals surface area contributed by atoms with Crippen molar-refractivity contribution >= 4 is 29.1 Å². The highest BCUT2D eigenvalue weighted by Crippen LogP contribution is 2.26. The second kappa shape index (κ2) is 8.45. The number of anilines is 1. The van der Waals surface area contributed by atoms with Crippen molar-refractivity contribution in [3.63, 3.8) is 0 Å². The third-order valence-corrected chi connectivity index (χ3v) is 5.07. The number of ketones is 1. The Balaban J connectivity index is 2.02. The molecule has 2 aromatic carbocycles. The first-order chi connectivity index (χ1) is 12.2. The van der Waals surface area contributed by atoms with E-state index in [1.807, 2.05) is 26.8 Å². The summed E-state index contributed by atoms with van der Waals surface area (Å²) in [6, 6.07) is 4.87. The van der Waals surface area contributed by atoms with E-state index in [0.29, 0.717) is 5.75 Å². The molecule has 0 heterocycles. The normalized spacial score (nSPS) is 10.7. The summed E-state index contributed by atoms with van der Waals surface area (Å²) in [7, 11) is 0. The van der Waals surface area contributed by atoms with Crippen LogP contribution in [0.3, 0.4) is 0 Å². The van der Waals surface area contributed by atoms with Crippen LogP contribution in [0.1, 0.15) is 39.5 Å². The summed E-state index contributed by atoms with van der Waals surface area (Å²) >= 11 is 1.39. The molecule has 0 saturated heterocycles. The van der Waals surface area contributed by atoms with Crippen molar-refractivity contribution < 1.29 is 18.4 Å². The van der Waals surface area contributed by atoms with Gasteiger partial charge >= 0.3 is 0 Å². The minimum atomic E-state index is -0.740. The molecule has 0 bridgehead atoms. The molecule has 0 aliphatic heterocycles. The maximum Gasteiger partial charge on any atom is 0.234 e. The number of thioether (sulfide) groups is 1. The van der Waals surface area contributed by atoms with Crippen molar-refractivity contribution in [3.8, 4) is 0 Å². The number of benzene rings is 2. The lowest BCUT2D eigenvalue weighted by molar-refractivity contribution is -0.113. The van der Waals surface area contributed by atoms with Crippen molar-refractivity contribution in [2.75, 3.05) is 11.1 Å². The molecule has 0 saturated carbocycles. The molecule has 1 amide bonds. The number of halogens is 2. The minimum Gasteiger partial charge on any atom is -0.325 e. The largest absolute Gasteiger partial charge is 0.325 e. The van der Waals surface area contributed by atoms with Gasteiger partial charge in [0.15, 0.2) is 5.78 Å². The molecular weight excluding hydrogens is 356 g/mol. The van der Waals surface area contributed by atoms with E-state index in [0.717, 1.165) is 46.0 Å². The van der Waals surface area contributed by atoms with Crippen LogP contribution >= 0.6 is 11.8 Å². The third-order valence-electron chi connectivity index (χ3n) is 4.11. The molecule has 0 spiro atoms. The lowest BCUT2D eigenvalue weighted by Gasteiger charge is -2.15. The second-order valence-corrected chi connectivity index (χ2v) is 7.23. The van der Waals surface area contributed by atoms with Gasteiger partial charge in [0, 0.05) is 23.1 Å². The number of hydrogen-bond donors (Lipinski definition) is 1. The molecule has 0 aliphatic rings. The fraction of sp³-hybridized carbons (Fsp3) is 0.300. The fourth-order valence-electron chi connectivity index (χ4n) is 3.06. The van der Waals surface area contributed by atoms with Crippen molar-refractivity contribution in [1.29, 1.82) is 0 Å². The van der Waals surface area contributed by atoms with Gasteiger partial charge < -0.3 is 5.32 Å². The van der Waals surface area contributed by atoms with Gasteiger partial charge in [0.25, 0.3) is 0 Å². The molecule has 26 heavy (non-hydrogen) atoms. The SMILES string of the molecule is CC(=O)c1c(C)cc(C)c(CSCC(=O)Nc2cc(F)cc(F)c2)c1C. The summed E-state index contributed by atoms with van der Waals surface area (Å²) in [4.78, 5) is 23.9. The van der Waals surface area contributed by atoms with Crippen molar-refractivity contribution in [2.45, 2.75) is 33.4 Å². The van der Waals surface area contributed by atoms with E-state index >= 15 is 0 Å². The van der Waals surface area contributed by atoms with Gasteiger partial charge in [-0.05, 0) is 62.1 Å². The number of carbonyl (C=O) groups excluding carboxylic acids is 2. The molecule has 2 rings (SSSR count). The zero-order valence-electron chi connectivity index (χ0n) is 15.2. The van der Waals surface area contributed by atoms with Gasteiger partial charge in [-0.25, -0.2) is 8.78 Å². The van der Waals surface area contributed by atoms with Crippen LogP contribution in [0.25, 0.3) is 0 Å². The van der Waals surface area contributed by atoms with E-state index in [1.165, 1.54) is 11.8 Å². The monoisotopic (exact) mass is 377 g/mol. The van der Waals surface area contributed by atoms with E-state index in [1.54, 1.807) is 6.92 Å². The Morgan fingerprint density at radius 1 is 1.00 bits per heavy atom. The summed E-state index contributed by atoms with van der Waals surface area (Å²) < 4.78 is 26.3. The van der Waals surface area contributed by atoms with Crippen LogP contribution in [-0.4, -0.2) is 17.4 Å². The molecule has 0 fully saturated rings. The summed E-state index contributed by atoms with van der Waals surface area (Å²) in [6.07, 6.45) is 0. The second-order valence-electron chi connectivity index (χ2n) is 6.24. The van der Waals surface area contributed by atoms with Gasteiger partial charge in [-0.3, -0.25) is 9.59 Å². The summed E-state index contributed by atoms with van der Waals surface area (Å²) in [5.74, 6) is -1.08. The maximum absolute atomic E-state index is 13.2.